The van der Waals surface area contributed by atoms with Crippen LogP contribution in [0.25, 0.3) is 0 Å². The topological polar surface area (TPSA) is 84.3 Å². The quantitative estimate of drug-likeness (QED) is 0.641. The molecule has 0 aromatic heterocycles. The fraction of sp³-hybridized carbons (Fsp3) is 0.462. The van der Waals surface area contributed by atoms with Gasteiger partial charge in [0.15, 0.2) is 0 Å². The lowest BCUT2D eigenvalue weighted by molar-refractivity contribution is -0.385. The zero-order chi connectivity index (χ0) is 13.7. The third-order valence-corrected chi connectivity index (χ3v) is 3.26. The SMILES string of the molecule is Cl.O=C(CC1CCCN1)NCc1ccccc1[N+](=O)[O-]. The van der Waals surface area contributed by atoms with E-state index < -0.39 is 4.92 Å². The van der Waals surface area contributed by atoms with Crippen molar-refractivity contribution in [1.29, 1.82) is 0 Å². The first-order valence-electron chi connectivity index (χ1n) is 6.39. The molecule has 1 aliphatic heterocycles. The highest BCUT2D eigenvalue weighted by Crippen LogP contribution is 2.17. The summed E-state index contributed by atoms with van der Waals surface area (Å²) in [6.45, 7) is 1.16. The van der Waals surface area contributed by atoms with Crippen LogP contribution in [-0.4, -0.2) is 23.4 Å². The van der Waals surface area contributed by atoms with Gasteiger partial charge in [0.1, 0.15) is 0 Å². The molecule has 2 N–H and O–H groups in total. The third-order valence-electron chi connectivity index (χ3n) is 3.26. The number of nitro benzene ring substituents is 1. The van der Waals surface area contributed by atoms with Crippen molar-refractivity contribution in [1.82, 2.24) is 10.6 Å². The second-order valence-corrected chi connectivity index (χ2v) is 4.66. The highest BCUT2D eigenvalue weighted by molar-refractivity contribution is 5.85. The van der Waals surface area contributed by atoms with Crippen molar-refractivity contribution in [2.45, 2.75) is 31.8 Å². The van der Waals surface area contributed by atoms with Gasteiger partial charge in [-0.25, -0.2) is 0 Å². The molecule has 1 amide bonds. The zero-order valence-corrected chi connectivity index (χ0v) is 11.8. The minimum Gasteiger partial charge on any atom is -0.352 e. The van der Waals surface area contributed by atoms with Crippen LogP contribution in [0.2, 0.25) is 0 Å². The molecule has 1 atom stereocenters. The number of benzene rings is 1. The molecular weight excluding hydrogens is 282 g/mol. The van der Waals surface area contributed by atoms with Crippen molar-refractivity contribution < 1.29 is 9.72 Å². The van der Waals surface area contributed by atoms with Crippen LogP contribution in [0.4, 0.5) is 5.69 Å². The number of amides is 1. The molecular formula is C13H18ClN3O3. The molecule has 1 aliphatic rings. The Morgan fingerprint density at radius 1 is 1.45 bits per heavy atom. The Balaban J connectivity index is 0.00000200. The van der Waals surface area contributed by atoms with Crippen molar-refractivity contribution >= 4 is 24.0 Å². The number of nitro groups is 1. The minimum atomic E-state index is -0.431. The Hall–Kier alpha value is -1.66. The fourth-order valence-corrected chi connectivity index (χ4v) is 2.26. The number of carbonyl (C=O) groups is 1. The van der Waals surface area contributed by atoms with E-state index in [4.69, 9.17) is 0 Å². The Bertz CT molecular complexity index is 476. The maximum atomic E-state index is 11.7. The normalized spacial score (nSPS) is 17.3. The van der Waals surface area contributed by atoms with Crippen LogP contribution >= 0.6 is 12.4 Å². The Morgan fingerprint density at radius 3 is 2.85 bits per heavy atom. The van der Waals surface area contributed by atoms with Crippen LogP contribution < -0.4 is 10.6 Å². The number of halogens is 1. The van der Waals surface area contributed by atoms with Crippen molar-refractivity contribution in [3.8, 4) is 0 Å². The van der Waals surface area contributed by atoms with E-state index in [1.54, 1.807) is 18.2 Å². The van der Waals surface area contributed by atoms with Gasteiger partial charge >= 0.3 is 0 Å². The smallest absolute Gasteiger partial charge is 0.274 e. The highest BCUT2D eigenvalue weighted by Gasteiger charge is 2.18. The van der Waals surface area contributed by atoms with Gasteiger partial charge in [-0.1, -0.05) is 18.2 Å². The van der Waals surface area contributed by atoms with E-state index in [1.165, 1.54) is 6.07 Å². The molecule has 0 bridgehead atoms. The first-order valence-corrected chi connectivity index (χ1v) is 6.39. The summed E-state index contributed by atoms with van der Waals surface area (Å²) in [5, 5.41) is 16.8. The number of carbonyl (C=O) groups excluding carboxylic acids is 1. The molecule has 20 heavy (non-hydrogen) atoms. The third kappa shape index (κ3) is 4.47. The number of para-hydroxylation sites is 1. The van der Waals surface area contributed by atoms with Gasteiger partial charge in [0.25, 0.3) is 5.69 Å². The first-order chi connectivity index (χ1) is 9.16. The Labute approximate surface area is 123 Å². The van der Waals surface area contributed by atoms with Gasteiger partial charge < -0.3 is 10.6 Å². The molecule has 110 valence electrons. The van der Waals surface area contributed by atoms with E-state index in [0.29, 0.717) is 12.0 Å². The Kier molecular flexibility index (Phi) is 6.41. The molecule has 2 rings (SSSR count). The largest absolute Gasteiger partial charge is 0.352 e. The first kappa shape index (κ1) is 16.4. The van der Waals surface area contributed by atoms with Crippen LogP contribution in [0.15, 0.2) is 24.3 Å². The summed E-state index contributed by atoms with van der Waals surface area (Å²) in [5.41, 5.74) is 0.571. The number of rotatable bonds is 5. The molecule has 1 heterocycles. The maximum Gasteiger partial charge on any atom is 0.274 e. The standard InChI is InChI=1S/C13H17N3O3.ClH/c17-13(8-11-5-3-7-14-11)15-9-10-4-1-2-6-12(10)16(18)19;/h1-2,4,6,11,14H,3,5,7-9H2,(H,15,17);1H. The number of nitrogens with zero attached hydrogens (tertiary/aromatic N) is 1. The van der Waals surface area contributed by atoms with Crippen LogP contribution in [0.5, 0.6) is 0 Å². The van der Waals surface area contributed by atoms with Crippen molar-refractivity contribution in [2.75, 3.05) is 6.54 Å². The molecule has 1 aromatic rings. The van der Waals surface area contributed by atoms with Gasteiger partial charge in [0, 0.05) is 30.6 Å². The van der Waals surface area contributed by atoms with Crippen molar-refractivity contribution in [3.05, 3.63) is 39.9 Å². The van der Waals surface area contributed by atoms with Crippen LogP contribution in [0, 0.1) is 10.1 Å². The second-order valence-electron chi connectivity index (χ2n) is 4.66. The molecule has 1 saturated heterocycles. The van der Waals surface area contributed by atoms with Gasteiger partial charge in [-0.3, -0.25) is 14.9 Å². The van der Waals surface area contributed by atoms with E-state index in [1.807, 2.05) is 0 Å². The summed E-state index contributed by atoms with van der Waals surface area (Å²) < 4.78 is 0. The van der Waals surface area contributed by atoms with E-state index in [-0.39, 0.29) is 36.6 Å². The van der Waals surface area contributed by atoms with Gasteiger partial charge in [0.05, 0.1) is 4.92 Å². The fourth-order valence-electron chi connectivity index (χ4n) is 2.26. The average molecular weight is 300 g/mol. The molecule has 0 radical (unpaired) electrons. The van der Waals surface area contributed by atoms with Crippen LogP contribution in [0.3, 0.4) is 0 Å². The predicted molar refractivity (Wildman–Crippen MR) is 77.8 cm³/mol. The lowest BCUT2D eigenvalue weighted by Crippen LogP contribution is -2.31. The van der Waals surface area contributed by atoms with Crippen molar-refractivity contribution in [2.24, 2.45) is 0 Å². The monoisotopic (exact) mass is 299 g/mol. The lowest BCUT2D eigenvalue weighted by atomic mass is 10.1. The van der Waals surface area contributed by atoms with Crippen molar-refractivity contribution in [3.63, 3.8) is 0 Å². The summed E-state index contributed by atoms with van der Waals surface area (Å²) in [5.74, 6) is -0.0717. The molecule has 6 nitrogen and oxygen atoms in total. The van der Waals surface area contributed by atoms with Crippen LogP contribution in [-0.2, 0) is 11.3 Å². The van der Waals surface area contributed by atoms with E-state index >= 15 is 0 Å². The zero-order valence-electron chi connectivity index (χ0n) is 11.0. The summed E-state index contributed by atoms with van der Waals surface area (Å²) >= 11 is 0. The second kappa shape index (κ2) is 7.81. The number of nitrogens with one attached hydrogen (secondary N) is 2. The minimum absolute atomic E-state index is 0. The van der Waals surface area contributed by atoms with E-state index in [2.05, 4.69) is 10.6 Å². The summed E-state index contributed by atoms with van der Waals surface area (Å²) in [7, 11) is 0. The van der Waals surface area contributed by atoms with Crippen LogP contribution in [0.1, 0.15) is 24.8 Å². The maximum absolute atomic E-state index is 11.7. The molecule has 0 saturated carbocycles. The summed E-state index contributed by atoms with van der Waals surface area (Å²) in [6.07, 6.45) is 2.54. The van der Waals surface area contributed by atoms with Gasteiger partial charge in [-0.15, -0.1) is 12.4 Å². The molecule has 0 aliphatic carbocycles. The Morgan fingerprint density at radius 2 is 2.20 bits per heavy atom. The van der Waals surface area contributed by atoms with Gasteiger partial charge in [0.2, 0.25) is 5.91 Å². The molecule has 1 aromatic carbocycles. The molecule has 1 unspecified atom stereocenters. The summed E-state index contributed by atoms with van der Waals surface area (Å²) in [4.78, 5) is 22.1. The predicted octanol–water partition coefficient (Wildman–Crippen LogP) is 1.77. The average Bonchev–Trinajstić information content (AvgIpc) is 2.89. The molecule has 1 fully saturated rings. The van der Waals surface area contributed by atoms with E-state index in [0.717, 1.165) is 19.4 Å². The highest BCUT2D eigenvalue weighted by atomic mass is 35.5. The lowest BCUT2D eigenvalue weighted by Gasteiger charge is -2.10. The van der Waals surface area contributed by atoms with Gasteiger partial charge in [-0.2, -0.15) is 0 Å². The summed E-state index contributed by atoms with van der Waals surface area (Å²) in [6, 6.07) is 6.69. The van der Waals surface area contributed by atoms with Gasteiger partial charge in [-0.05, 0) is 19.4 Å². The molecule has 7 heteroatoms. The van der Waals surface area contributed by atoms with E-state index in [9.17, 15) is 14.9 Å². The number of hydrogen-bond donors (Lipinski definition) is 2. The molecule has 0 spiro atoms. The number of hydrogen-bond acceptors (Lipinski definition) is 4.